The van der Waals surface area contributed by atoms with E-state index in [4.69, 9.17) is 0 Å². The molecule has 1 aromatic rings. The van der Waals surface area contributed by atoms with Crippen molar-refractivity contribution >= 4 is 29.9 Å². The molecule has 0 radical (unpaired) electrons. The topological polar surface area (TPSA) is 61.4 Å². The fraction of sp³-hybridized carbons (Fsp3) is 0.556. The fourth-order valence-corrected chi connectivity index (χ4v) is 3.28. The molecular formula is C18H26ClN3O2. The Balaban J connectivity index is 0.00000208. The van der Waals surface area contributed by atoms with Crippen LogP contribution in [0, 0.1) is 5.92 Å². The molecule has 3 rings (SSSR count). The molecule has 2 heterocycles. The lowest BCUT2D eigenvalue weighted by atomic mass is 9.99. The summed E-state index contributed by atoms with van der Waals surface area (Å²) in [5.41, 5.74) is 2.02. The van der Waals surface area contributed by atoms with Gasteiger partial charge >= 0.3 is 0 Å². The van der Waals surface area contributed by atoms with Crippen LogP contribution in [0.15, 0.2) is 24.3 Å². The van der Waals surface area contributed by atoms with E-state index in [-0.39, 0.29) is 30.1 Å². The van der Waals surface area contributed by atoms with Crippen LogP contribution >= 0.6 is 12.4 Å². The van der Waals surface area contributed by atoms with Gasteiger partial charge < -0.3 is 15.5 Å². The van der Waals surface area contributed by atoms with Crippen molar-refractivity contribution < 1.29 is 9.59 Å². The second-order valence-corrected chi connectivity index (χ2v) is 6.43. The van der Waals surface area contributed by atoms with Crippen LogP contribution in [0.2, 0.25) is 0 Å². The maximum absolute atomic E-state index is 12.1. The molecular weight excluding hydrogens is 326 g/mol. The lowest BCUT2D eigenvalue weighted by Crippen LogP contribution is -2.40. The third kappa shape index (κ3) is 4.71. The zero-order chi connectivity index (χ0) is 16.1. The lowest BCUT2D eigenvalue weighted by molar-refractivity contribution is -0.125. The van der Waals surface area contributed by atoms with Crippen molar-refractivity contribution in [2.24, 2.45) is 5.92 Å². The average molecular weight is 352 g/mol. The molecule has 2 N–H and O–H groups in total. The van der Waals surface area contributed by atoms with Crippen LogP contribution in [-0.4, -0.2) is 31.4 Å². The number of anilines is 1. The summed E-state index contributed by atoms with van der Waals surface area (Å²) in [5, 5.41) is 6.28. The van der Waals surface area contributed by atoms with Gasteiger partial charge in [0.2, 0.25) is 11.8 Å². The van der Waals surface area contributed by atoms with Gasteiger partial charge in [0.25, 0.3) is 0 Å². The molecule has 5 nitrogen and oxygen atoms in total. The number of hydrogen-bond acceptors (Lipinski definition) is 3. The Morgan fingerprint density at radius 1 is 1.21 bits per heavy atom. The molecule has 2 fully saturated rings. The van der Waals surface area contributed by atoms with Crippen molar-refractivity contribution in [1.82, 2.24) is 10.6 Å². The highest BCUT2D eigenvalue weighted by Crippen LogP contribution is 2.21. The maximum Gasteiger partial charge on any atom is 0.226 e. The van der Waals surface area contributed by atoms with E-state index in [0.29, 0.717) is 13.0 Å². The van der Waals surface area contributed by atoms with E-state index in [1.807, 2.05) is 29.2 Å². The number of nitrogens with zero attached hydrogens (tertiary/aromatic N) is 1. The van der Waals surface area contributed by atoms with Crippen molar-refractivity contribution in [3.05, 3.63) is 29.8 Å². The minimum Gasteiger partial charge on any atom is -0.352 e. The second-order valence-electron chi connectivity index (χ2n) is 6.43. The molecule has 1 unspecified atom stereocenters. The molecule has 0 spiro atoms. The first-order chi connectivity index (χ1) is 11.2. The maximum atomic E-state index is 12.1. The number of piperidine rings is 2. The monoisotopic (exact) mass is 351 g/mol. The van der Waals surface area contributed by atoms with Gasteiger partial charge in [-0.1, -0.05) is 12.1 Å². The molecule has 24 heavy (non-hydrogen) atoms. The zero-order valence-electron chi connectivity index (χ0n) is 13.9. The van der Waals surface area contributed by atoms with Crippen LogP contribution in [0.1, 0.15) is 37.7 Å². The molecule has 2 aliphatic rings. The van der Waals surface area contributed by atoms with Crippen LogP contribution in [0.4, 0.5) is 5.69 Å². The predicted molar refractivity (Wildman–Crippen MR) is 97.3 cm³/mol. The summed E-state index contributed by atoms with van der Waals surface area (Å²) in [6.07, 6.45) is 4.74. The summed E-state index contributed by atoms with van der Waals surface area (Å²) in [4.78, 5) is 25.9. The molecule has 2 amide bonds. The lowest BCUT2D eigenvalue weighted by Gasteiger charge is -2.27. The van der Waals surface area contributed by atoms with Crippen molar-refractivity contribution in [3.63, 3.8) is 0 Å². The molecule has 132 valence electrons. The fourth-order valence-electron chi connectivity index (χ4n) is 3.28. The molecule has 6 heteroatoms. The van der Waals surface area contributed by atoms with Crippen molar-refractivity contribution in [2.45, 2.75) is 38.6 Å². The molecule has 0 aliphatic carbocycles. The average Bonchev–Trinajstić information content (AvgIpc) is 2.61. The van der Waals surface area contributed by atoms with E-state index in [9.17, 15) is 9.59 Å². The van der Waals surface area contributed by atoms with Gasteiger partial charge in [0.05, 0.1) is 5.92 Å². The SMILES string of the molecule is Cl.O=C(NCc1ccc(N2CCCCC2=O)cc1)C1CCCNC1. The van der Waals surface area contributed by atoms with Gasteiger partial charge in [0, 0.05) is 31.7 Å². The first-order valence-electron chi connectivity index (χ1n) is 8.62. The van der Waals surface area contributed by atoms with Crippen LogP contribution in [0.25, 0.3) is 0 Å². The summed E-state index contributed by atoms with van der Waals surface area (Å²) in [6, 6.07) is 7.95. The number of hydrogen-bond donors (Lipinski definition) is 2. The predicted octanol–water partition coefficient (Wildman–Crippen LogP) is 2.24. The Morgan fingerprint density at radius 2 is 2.00 bits per heavy atom. The van der Waals surface area contributed by atoms with Crippen LogP contribution in [0.5, 0.6) is 0 Å². The summed E-state index contributed by atoms with van der Waals surface area (Å²) < 4.78 is 0. The van der Waals surface area contributed by atoms with Gasteiger partial charge in [-0.2, -0.15) is 0 Å². The van der Waals surface area contributed by atoms with Crippen molar-refractivity contribution in [2.75, 3.05) is 24.5 Å². The number of rotatable bonds is 4. The van der Waals surface area contributed by atoms with Gasteiger partial charge in [0.15, 0.2) is 0 Å². The van der Waals surface area contributed by atoms with Crippen molar-refractivity contribution in [1.29, 1.82) is 0 Å². The summed E-state index contributed by atoms with van der Waals surface area (Å²) in [7, 11) is 0. The number of halogens is 1. The number of carbonyl (C=O) groups is 2. The molecule has 0 aromatic heterocycles. The smallest absolute Gasteiger partial charge is 0.226 e. The Labute approximate surface area is 149 Å². The van der Waals surface area contributed by atoms with Gasteiger partial charge in [-0.15, -0.1) is 12.4 Å². The van der Waals surface area contributed by atoms with Crippen LogP contribution < -0.4 is 15.5 Å². The third-order valence-corrected chi connectivity index (χ3v) is 4.71. The molecule has 0 bridgehead atoms. The largest absolute Gasteiger partial charge is 0.352 e. The van der Waals surface area contributed by atoms with E-state index in [1.165, 1.54) is 0 Å². The zero-order valence-corrected chi connectivity index (χ0v) is 14.7. The summed E-state index contributed by atoms with van der Waals surface area (Å²) in [6.45, 7) is 3.15. The molecule has 1 atom stereocenters. The Morgan fingerprint density at radius 3 is 2.67 bits per heavy atom. The van der Waals surface area contributed by atoms with Gasteiger partial charge in [-0.05, 0) is 49.9 Å². The Kier molecular flexibility index (Phi) is 7.06. The van der Waals surface area contributed by atoms with E-state index in [1.54, 1.807) is 0 Å². The number of nitrogens with one attached hydrogen (secondary N) is 2. The first kappa shape index (κ1) is 18.7. The minimum atomic E-state index is 0. The van der Waals surface area contributed by atoms with Crippen molar-refractivity contribution in [3.8, 4) is 0 Å². The molecule has 0 saturated carbocycles. The van der Waals surface area contributed by atoms with E-state index in [2.05, 4.69) is 10.6 Å². The second kappa shape index (κ2) is 9.04. The van der Waals surface area contributed by atoms with Crippen LogP contribution in [0.3, 0.4) is 0 Å². The van der Waals surface area contributed by atoms with Crippen LogP contribution in [-0.2, 0) is 16.1 Å². The normalized spacial score (nSPS) is 21.1. The van der Waals surface area contributed by atoms with Gasteiger partial charge in [-0.25, -0.2) is 0 Å². The molecule has 2 aliphatic heterocycles. The quantitative estimate of drug-likeness (QED) is 0.874. The first-order valence-corrected chi connectivity index (χ1v) is 8.62. The van der Waals surface area contributed by atoms with Gasteiger partial charge in [-0.3, -0.25) is 9.59 Å². The highest BCUT2D eigenvalue weighted by atomic mass is 35.5. The third-order valence-electron chi connectivity index (χ3n) is 4.71. The van der Waals surface area contributed by atoms with E-state index in [0.717, 1.165) is 56.6 Å². The number of carbonyl (C=O) groups excluding carboxylic acids is 2. The van der Waals surface area contributed by atoms with Gasteiger partial charge in [0.1, 0.15) is 0 Å². The number of benzene rings is 1. The highest BCUT2D eigenvalue weighted by Gasteiger charge is 2.21. The number of amides is 2. The summed E-state index contributed by atoms with van der Waals surface area (Å²) in [5.74, 6) is 0.434. The Bertz CT molecular complexity index is 556. The molecule has 2 saturated heterocycles. The minimum absolute atomic E-state index is 0. The Hall–Kier alpha value is -1.59. The van der Waals surface area contributed by atoms with E-state index >= 15 is 0 Å². The molecule has 1 aromatic carbocycles. The van der Waals surface area contributed by atoms with E-state index < -0.39 is 0 Å². The standard InChI is InChI=1S/C18H25N3O2.ClH/c22-17-5-1-2-11-21(17)16-8-6-14(7-9-16)12-20-18(23)15-4-3-10-19-13-15;/h6-9,15,19H,1-5,10-13H2,(H,20,23);1H. The highest BCUT2D eigenvalue weighted by molar-refractivity contribution is 5.93. The summed E-state index contributed by atoms with van der Waals surface area (Å²) >= 11 is 0.